The quantitative estimate of drug-likeness (QED) is 0.510. The minimum Gasteiger partial charge on any atom is -0.497 e. The molecule has 0 radical (unpaired) electrons. The number of imidazole rings is 1. The Morgan fingerprint density at radius 1 is 1.15 bits per heavy atom. The van der Waals surface area contributed by atoms with Gasteiger partial charge in [-0.25, -0.2) is 13.8 Å². The topological polar surface area (TPSA) is 85.6 Å². The lowest BCUT2D eigenvalue weighted by Gasteiger charge is -2.29. The average Bonchev–Trinajstić information content (AvgIpc) is 3.13. The molecule has 1 aliphatic rings. The maximum atomic E-state index is 14.7. The van der Waals surface area contributed by atoms with Crippen LogP contribution in [0.4, 0.5) is 23.5 Å². The predicted octanol–water partition coefficient (Wildman–Crippen LogP) is 4.25. The van der Waals surface area contributed by atoms with Crippen molar-refractivity contribution in [2.24, 2.45) is 0 Å². The Kier molecular flexibility index (Phi) is 6.23. The third-order valence-electron chi connectivity index (χ3n) is 5.29. The first-order chi connectivity index (χ1) is 15.7. The van der Waals surface area contributed by atoms with Gasteiger partial charge in [-0.3, -0.25) is 14.7 Å². The molecule has 11 heteroatoms. The highest BCUT2D eigenvalue weighted by Gasteiger charge is 2.32. The van der Waals surface area contributed by atoms with Crippen LogP contribution in [0.1, 0.15) is 34.8 Å². The highest BCUT2D eigenvalue weighted by atomic mass is 19.3. The maximum Gasteiger partial charge on any atom is 0.387 e. The zero-order valence-electron chi connectivity index (χ0n) is 17.3. The number of hydrogen-bond acceptors (Lipinski definition) is 5. The van der Waals surface area contributed by atoms with E-state index in [4.69, 9.17) is 4.74 Å². The fourth-order valence-corrected chi connectivity index (χ4v) is 3.53. The molecule has 7 nitrogen and oxygen atoms in total. The van der Waals surface area contributed by atoms with E-state index in [-0.39, 0.29) is 28.9 Å². The number of amides is 1. The van der Waals surface area contributed by atoms with Gasteiger partial charge in [0, 0.05) is 29.8 Å². The van der Waals surface area contributed by atoms with E-state index in [0.717, 1.165) is 16.7 Å². The third-order valence-corrected chi connectivity index (χ3v) is 5.29. The molecule has 2 aromatic carbocycles. The van der Waals surface area contributed by atoms with E-state index in [1.165, 1.54) is 37.6 Å². The number of nitrogens with one attached hydrogen (secondary N) is 1. The number of nitrogens with zero attached hydrogens (tertiary/aromatic N) is 2. The first-order valence-electron chi connectivity index (χ1n) is 9.92. The first kappa shape index (κ1) is 22.6. The van der Waals surface area contributed by atoms with E-state index < -0.39 is 35.9 Å². The number of alkyl halides is 2. The minimum absolute atomic E-state index is 0.0205. The second kappa shape index (κ2) is 9.10. The van der Waals surface area contributed by atoms with Gasteiger partial charge in [0.2, 0.25) is 5.95 Å². The van der Waals surface area contributed by atoms with E-state index in [0.29, 0.717) is 18.5 Å². The first-order valence-corrected chi connectivity index (χ1v) is 9.92. The second-order valence-electron chi connectivity index (χ2n) is 7.48. The highest BCUT2D eigenvalue weighted by Crippen LogP contribution is 2.38. The van der Waals surface area contributed by atoms with Crippen LogP contribution in [0.25, 0.3) is 5.69 Å². The summed E-state index contributed by atoms with van der Waals surface area (Å²) in [4.78, 5) is 17.0. The molecule has 0 atom stereocenters. The molecule has 1 aliphatic carbocycles. The van der Waals surface area contributed by atoms with Crippen LogP contribution < -0.4 is 14.8 Å². The van der Waals surface area contributed by atoms with Crippen LogP contribution in [0, 0.1) is 11.6 Å². The van der Waals surface area contributed by atoms with Crippen molar-refractivity contribution in [2.75, 3.05) is 12.4 Å². The van der Waals surface area contributed by atoms with Crippen molar-refractivity contribution in [3.8, 4) is 17.2 Å². The standard InChI is InChI=1S/C22H19F4N3O4/c1-32-15-8-16(23)19(17(24)9-15)29-10-18(12-6-13(30)7-12)27-22(29)28-20(31)11-2-4-14(5-3-11)33-21(25)26/h2-5,8-10,12-13,21,30H,6-7H2,1H3,(H,27,28,31). The van der Waals surface area contributed by atoms with Crippen molar-refractivity contribution >= 4 is 11.9 Å². The summed E-state index contributed by atoms with van der Waals surface area (Å²) in [6, 6.07) is 6.91. The Morgan fingerprint density at radius 3 is 2.33 bits per heavy atom. The molecule has 1 saturated carbocycles. The van der Waals surface area contributed by atoms with Gasteiger partial charge in [-0.05, 0) is 37.1 Å². The van der Waals surface area contributed by atoms with Gasteiger partial charge in [0.25, 0.3) is 5.91 Å². The van der Waals surface area contributed by atoms with Crippen molar-refractivity contribution < 1.29 is 36.9 Å². The summed E-state index contributed by atoms with van der Waals surface area (Å²) in [5.41, 5.74) is 0.0683. The second-order valence-corrected chi connectivity index (χ2v) is 7.48. The van der Waals surface area contributed by atoms with E-state index in [9.17, 15) is 27.5 Å². The van der Waals surface area contributed by atoms with Gasteiger partial charge in [0.05, 0.1) is 18.9 Å². The van der Waals surface area contributed by atoms with Crippen molar-refractivity contribution in [1.29, 1.82) is 0 Å². The molecule has 33 heavy (non-hydrogen) atoms. The number of aromatic nitrogens is 2. The van der Waals surface area contributed by atoms with E-state index in [1.54, 1.807) is 0 Å². The smallest absolute Gasteiger partial charge is 0.387 e. The van der Waals surface area contributed by atoms with Gasteiger partial charge in [-0.2, -0.15) is 8.78 Å². The maximum absolute atomic E-state index is 14.7. The van der Waals surface area contributed by atoms with E-state index in [2.05, 4.69) is 15.0 Å². The molecule has 0 saturated heterocycles. The number of aliphatic hydroxyl groups excluding tert-OH is 1. The lowest BCUT2D eigenvalue weighted by Crippen LogP contribution is -2.26. The molecule has 1 heterocycles. The van der Waals surface area contributed by atoms with Crippen molar-refractivity contribution in [1.82, 2.24) is 9.55 Å². The summed E-state index contributed by atoms with van der Waals surface area (Å²) in [6.45, 7) is -3.00. The number of halogens is 4. The Hall–Kier alpha value is -3.60. The van der Waals surface area contributed by atoms with Gasteiger partial charge in [0.1, 0.15) is 17.2 Å². The predicted molar refractivity (Wildman–Crippen MR) is 109 cm³/mol. The fourth-order valence-electron chi connectivity index (χ4n) is 3.53. The zero-order chi connectivity index (χ0) is 23.7. The number of aliphatic hydroxyl groups is 1. The average molecular weight is 465 g/mol. The normalized spacial score (nSPS) is 17.5. The number of rotatable bonds is 7. The van der Waals surface area contributed by atoms with Crippen LogP contribution in [0.15, 0.2) is 42.6 Å². The number of carbonyl (C=O) groups excluding carboxylic acids is 1. The number of methoxy groups -OCH3 is 1. The summed E-state index contributed by atoms with van der Waals surface area (Å²) in [6.07, 6.45) is 1.79. The molecular formula is C22H19F4N3O4. The molecule has 3 aromatic rings. The monoisotopic (exact) mass is 465 g/mol. The molecule has 4 rings (SSSR count). The minimum atomic E-state index is -3.00. The van der Waals surface area contributed by atoms with Crippen LogP contribution in [0.3, 0.4) is 0 Å². The van der Waals surface area contributed by atoms with Crippen LogP contribution in [0.2, 0.25) is 0 Å². The van der Waals surface area contributed by atoms with E-state index >= 15 is 0 Å². The Balaban J connectivity index is 1.67. The molecule has 2 N–H and O–H groups in total. The number of benzene rings is 2. The Morgan fingerprint density at radius 2 is 1.79 bits per heavy atom. The van der Waals surface area contributed by atoms with E-state index in [1.807, 2.05) is 0 Å². The summed E-state index contributed by atoms with van der Waals surface area (Å²) < 4.78 is 64.3. The summed E-state index contributed by atoms with van der Waals surface area (Å²) >= 11 is 0. The molecular weight excluding hydrogens is 446 g/mol. The van der Waals surface area contributed by atoms with Gasteiger partial charge in [-0.1, -0.05) is 0 Å². The van der Waals surface area contributed by atoms with Crippen LogP contribution >= 0.6 is 0 Å². The molecule has 0 spiro atoms. The number of ether oxygens (including phenoxy) is 2. The fraction of sp³-hybridized carbons (Fsp3) is 0.273. The van der Waals surface area contributed by atoms with Crippen molar-refractivity contribution in [3.63, 3.8) is 0 Å². The molecule has 0 bridgehead atoms. The summed E-state index contributed by atoms with van der Waals surface area (Å²) in [5, 5.41) is 12.1. The van der Waals surface area contributed by atoms with Crippen LogP contribution in [-0.4, -0.2) is 40.4 Å². The molecule has 1 amide bonds. The Bertz CT molecular complexity index is 1140. The number of carbonyl (C=O) groups is 1. The van der Waals surface area contributed by atoms with Crippen LogP contribution in [0.5, 0.6) is 11.5 Å². The summed E-state index contributed by atoms with van der Waals surface area (Å²) in [5.74, 6) is -2.98. The lowest BCUT2D eigenvalue weighted by atomic mass is 9.80. The number of anilines is 1. The lowest BCUT2D eigenvalue weighted by molar-refractivity contribution is -0.0498. The van der Waals surface area contributed by atoms with Gasteiger partial charge >= 0.3 is 6.61 Å². The zero-order valence-corrected chi connectivity index (χ0v) is 17.3. The molecule has 1 aromatic heterocycles. The SMILES string of the molecule is COc1cc(F)c(-n2cc(C3CC(O)C3)nc2NC(=O)c2ccc(OC(F)F)cc2)c(F)c1. The summed E-state index contributed by atoms with van der Waals surface area (Å²) in [7, 11) is 1.27. The van der Waals surface area contributed by atoms with Gasteiger partial charge in [0.15, 0.2) is 11.6 Å². The van der Waals surface area contributed by atoms with Gasteiger partial charge in [-0.15, -0.1) is 0 Å². The van der Waals surface area contributed by atoms with Gasteiger partial charge < -0.3 is 14.6 Å². The van der Waals surface area contributed by atoms with Crippen molar-refractivity contribution in [3.05, 3.63) is 65.5 Å². The number of hydrogen-bond donors (Lipinski definition) is 2. The molecule has 0 unspecified atom stereocenters. The molecule has 0 aliphatic heterocycles. The molecule has 1 fully saturated rings. The Labute approximate surface area is 185 Å². The van der Waals surface area contributed by atoms with Crippen molar-refractivity contribution in [2.45, 2.75) is 31.5 Å². The largest absolute Gasteiger partial charge is 0.497 e. The highest BCUT2D eigenvalue weighted by molar-refractivity contribution is 6.03. The van der Waals surface area contributed by atoms with Crippen LogP contribution in [-0.2, 0) is 0 Å². The third kappa shape index (κ3) is 4.77. The molecule has 174 valence electrons.